The highest BCUT2D eigenvalue weighted by Gasteiger charge is 2.20. The summed E-state index contributed by atoms with van der Waals surface area (Å²) in [6.07, 6.45) is 2.59. The fourth-order valence-corrected chi connectivity index (χ4v) is 3.84. The van der Waals surface area contributed by atoms with Gasteiger partial charge in [0, 0.05) is 22.5 Å². The van der Waals surface area contributed by atoms with Crippen molar-refractivity contribution in [1.82, 2.24) is 15.5 Å². The molecule has 100 valence electrons. The Morgan fingerprint density at radius 3 is 2.89 bits per heavy atom. The lowest BCUT2D eigenvalue weighted by Gasteiger charge is -2.07. The second kappa shape index (κ2) is 5.79. The largest absolute Gasteiger partial charge is 0.310 e. The standard InChI is InChI=1S/C13H14ClN3S2/c1-8-16-17-13(18-8)19-11-5-2-9(12(14)6-11)7-15-10-3-4-10/h2,5-6,10,15H,3-4,7H2,1H3. The Hall–Kier alpha value is -0.620. The molecule has 0 atom stereocenters. The molecule has 2 aromatic rings. The average Bonchev–Trinajstić information content (AvgIpc) is 3.12. The molecular weight excluding hydrogens is 298 g/mol. The summed E-state index contributed by atoms with van der Waals surface area (Å²) in [6.45, 7) is 2.81. The van der Waals surface area contributed by atoms with Crippen LogP contribution >= 0.6 is 34.7 Å². The molecule has 19 heavy (non-hydrogen) atoms. The fourth-order valence-electron chi connectivity index (χ4n) is 1.70. The summed E-state index contributed by atoms with van der Waals surface area (Å²) in [5.74, 6) is 0. The zero-order chi connectivity index (χ0) is 13.2. The molecule has 1 saturated carbocycles. The monoisotopic (exact) mass is 311 g/mol. The van der Waals surface area contributed by atoms with Gasteiger partial charge in [-0.1, -0.05) is 40.8 Å². The molecule has 0 saturated heterocycles. The normalized spacial score (nSPS) is 14.8. The van der Waals surface area contributed by atoms with Gasteiger partial charge in [0.05, 0.1) is 0 Å². The Balaban J connectivity index is 1.67. The van der Waals surface area contributed by atoms with Crippen molar-refractivity contribution >= 4 is 34.7 Å². The van der Waals surface area contributed by atoms with Gasteiger partial charge in [0.2, 0.25) is 0 Å². The van der Waals surface area contributed by atoms with E-state index in [9.17, 15) is 0 Å². The van der Waals surface area contributed by atoms with E-state index >= 15 is 0 Å². The maximum Gasteiger partial charge on any atom is 0.179 e. The molecule has 3 rings (SSSR count). The Morgan fingerprint density at radius 2 is 2.26 bits per heavy atom. The molecule has 1 aromatic carbocycles. The van der Waals surface area contributed by atoms with E-state index in [1.807, 2.05) is 13.0 Å². The topological polar surface area (TPSA) is 37.8 Å². The van der Waals surface area contributed by atoms with Crippen molar-refractivity contribution in [1.29, 1.82) is 0 Å². The molecule has 1 aliphatic rings. The number of hydrogen-bond donors (Lipinski definition) is 1. The minimum atomic E-state index is 0.703. The Labute approximate surface area is 125 Å². The molecule has 0 aliphatic heterocycles. The van der Waals surface area contributed by atoms with Crippen molar-refractivity contribution in [2.75, 3.05) is 0 Å². The number of halogens is 1. The van der Waals surface area contributed by atoms with Gasteiger partial charge in [0.1, 0.15) is 5.01 Å². The van der Waals surface area contributed by atoms with Crippen molar-refractivity contribution in [3.63, 3.8) is 0 Å². The number of benzene rings is 1. The summed E-state index contributed by atoms with van der Waals surface area (Å²) >= 11 is 9.53. The van der Waals surface area contributed by atoms with Crippen LogP contribution in [0.1, 0.15) is 23.4 Å². The van der Waals surface area contributed by atoms with Crippen molar-refractivity contribution < 1.29 is 0 Å². The van der Waals surface area contributed by atoms with Gasteiger partial charge < -0.3 is 5.32 Å². The highest BCUT2D eigenvalue weighted by Crippen LogP contribution is 2.32. The maximum absolute atomic E-state index is 6.32. The lowest BCUT2D eigenvalue weighted by Crippen LogP contribution is -2.15. The van der Waals surface area contributed by atoms with Crippen LogP contribution in [-0.2, 0) is 6.54 Å². The van der Waals surface area contributed by atoms with Crippen LogP contribution in [0.3, 0.4) is 0 Å². The molecule has 0 bridgehead atoms. The van der Waals surface area contributed by atoms with E-state index < -0.39 is 0 Å². The molecule has 1 aliphatic carbocycles. The number of rotatable bonds is 5. The number of aromatic nitrogens is 2. The predicted octanol–water partition coefficient (Wildman–Crippen LogP) is 3.90. The molecule has 1 N–H and O–H groups in total. The van der Waals surface area contributed by atoms with E-state index in [0.717, 1.165) is 31.4 Å². The van der Waals surface area contributed by atoms with E-state index in [1.165, 1.54) is 12.8 Å². The van der Waals surface area contributed by atoms with Crippen LogP contribution in [0.15, 0.2) is 27.4 Å². The van der Waals surface area contributed by atoms with E-state index in [-0.39, 0.29) is 0 Å². The highest BCUT2D eigenvalue weighted by molar-refractivity contribution is 8.01. The number of hydrogen-bond acceptors (Lipinski definition) is 5. The van der Waals surface area contributed by atoms with Gasteiger partial charge in [-0.2, -0.15) is 0 Å². The first-order valence-corrected chi connectivity index (χ1v) is 8.21. The first-order valence-electron chi connectivity index (χ1n) is 6.20. The van der Waals surface area contributed by atoms with Crippen LogP contribution in [-0.4, -0.2) is 16.2 Å². The fraction of sp³-hybridized carbons (Fsp3) is 0.385. The first kappa shape index (κ1) is 13.4. The third kappa shape index (κ3) is 3.69. The Bertz CT molecular complexity index is 581. The molecule has 0 unspecified atom stereocenters. The molecule has 0 amide bonds. The summed E-state index contributed by atoms with van der Waals surface area (Å²) in [6, 6.07) is 6.90. The van der Waals surface area contributed by atoms with Crippen LogP contribution < -0.4 is 5.32 Å². The van der Waals surface area contributed by atoms with Crippen LogP contribution in [0.25, 0.3) is 0 Å². The minimum Gasteiger partial charge on any atom is -0.310 e. The summed E-state index contributed by atoms with van der Waals surface area (Å²) in [7, 11) is 0. The summed E-state index contributed by atoms with van der Waals surface area (Å²) in [4.78, 5) is 1.11. The second-order valence-corrected chi connectivity index (χ2v) is 7.51. The predicted molar refractivity (Wildman–Crippen MR) is 80.1 cm³/mol. The zero-order valence-corrected chi connectivity index (χ0v) is 12.9. The number of nitrogens with zero attached hydrogens (tertiary/aromatic N) is 2. The van der Waals surface area contributed by atoms with Crippen LogP contribution in [0.5, 0.6) is 0 Å². The van der Waals surface area contributed by atoms with E-state index in [2.05, 4.69) is 27.6 Å². The SMILES string of the molecule is Cc1nnc(Sc2ccc(CNC3CC3)c(Cl)c2)s1. The van der Waals surface area contributed by atoms with Crippen molar-refractivity contribution in [3.8, 4) is 0 Å². The van der Waals surface area contributed by atoms with Gasteiger partial charge in [-0.25, -0.2) is 0 Å². The minimum absolute atomic E-state index is 0.703. The number of aryl methyl sites for hydroxylation is 1. The molecule has 1 fully saturated rings. The average molecular weight is 312 g/mol. The van der Waals surface area contributed by atoms with E-state index in [4.69, 9.17) is 11.6 Å². The molecule has 0 spiro atoms. The maximum atomic E-state index is 6.32. The quantitative estimate of drug-likeness (QED) is 0.908. The lowest BCUT2D eigenvalue weighted by atomic mass is 10.2. The number of nitrogens with one attached hydrogen (secondary N) is 1. The van der Waals surface area contributed by atoms with Gasteiger partial charge in [-0.15, -0.1) is 10.2 Å². The van der Waals surface area contributed by atoms with Gasteiger partial charge in [-0.05, 0) is 37.5 Å². The van der Waals surface area contributed by atoms with E-state index in [1.54, 1.807) is 23.1 Å². The van der Waals surface area contributed by atoms with Gasteiger partial charge in [0.25, 0.3) is 0 Å². The van der Waals surface area contributed by atoms with Crippen LogP contribution in [0, 0.1) is 6.92 Å². The third-order valence-electron chi connectivity index (χ3n) is 2.90. The second-order valence-electron chi connectivity index (χ2n) is 4.60. The third-order valence-corrected chi connectivity index (χ3v) is 5.13. The van der Waals surface area contributed by atoms with E-state index in [0.29, 0.717) is 6.04 Å². The summed E-state index contributed by atoms with van der Waals surface area (Å²) in [5, 5.41) is 13.4. The lowest BCUT2D eigenvalue weighted by molar-refractivity contribution is 0.687. The van der Waals surface area contributed by atoms with Gasteiger partial charge >= 0.3 is 0 Å². The van der Waals surface area contributed by atoms with Gasteiger partial charge in [-0.3, -0.25) is 0 Å². The Kier molecular flexibility index (Phi) is 4.07. The summed E-state index contributed by atoms with van der Waals surface area (Å²) < 4.78 is 0.956. The van der Waals surface area contributed by atoms with Crippen LogP contribution in [0.4, 0.5) is 0 Å². The molecule has 3 nitrogen and oxygen atoms in total. The molecule has 1 heterocycles. The van der Waals surface area contributed by atoms with Gasteiger partial charge in [0.15, 0.2) is 4.34 Å². The smallest absolute Gasteiger partial charge is 0.179 e. The van der Waals surface area contributed by atoms with Crippen molar-refractivity contribution in [3.05, 3.63) is 33.8 Å². The van der Waals surface area contributed by atoms with Crippen molar-refractivity contribution in [2.45, 2.75) is 41.6 Å². The molecular formula is C13H14ClN3S2. The highest BCUT2D eigenvalue weighted by atomic mass is 35.5. The first-order chi connectivity index (χ1) is 9.20. The molecule has 0 radical (unpaired) electrons. The molecule has 1 aromatic heterocycles. The summed E-state index contributed by atoms with van der Waals surface area (Å²) in [5.41, 5.74) is 1.16. The Morgan fingerprint density at radius 1 is 1.42 bits per heavy atom. The van der Waals surface area contributed by atoms with Crippen LogP contribution in [0.2, 0.25) is 5.02 Å². The zero-order valence-electron chi connectivity index (χ0n) is 10.5. The van der Waals surface area contributed by atoms with Crippen molar-refractivity contribution in [2.24, 2.45) is 0 Å². The molecule has 6 heteroatoms.